The maximum Gasteiger partial charge on any atom is 0.406 e. The van der Waals surface area contributed by atoms with Gasteiger partial charge in [-0.1, -0.05) is 15.9 Å². The van der Waals surface area contributed by atoms with E-state index in [1.54, 1.807) is 12.3 Å². The molecule has 4 nitrogen and oxygen atoms in total. The Kier molecular flexibility index (Phi) is 4.84. The summed E-state index contributed by atoms with van der Waals surface area (Å²) in [6.45, 7) is -1.39. The maximum atomic E-state index is 14.2. The van der Waals surface area contributed by atoms with E-state index in [0.717, 1.165) is 6.20 Å². The number of nitrogens with zero attached hydrogens (tertiary/aromatic N) is 3. The van der Waals surface area contributed by atoms with Crippen LogP contribution >= 0.6 is 27.7 Å². The summed E-state index contributed by atoms with van der Waals surface area (Å²) in [5.74, 6) is -0.483. The summed E-state index contributed by atoms with van der Waals surface area (Å²) >= 11 is 4.46. The lowest BCUT2D eigenvalue weighted by atomic mass is 10.1. The van der Waals surface area contributed by atoms with E-state index < -0.39 is 30.3 Å². The summed E-state index contributed by atoms with van der Waals surface area (Å²) in [6, 6.07) is 3.69. The van der Waals surface area contributed by atoms with Gasteiger partial charge >= 0.3 is 11.9 Å². The van der Waals surface area contributed by atoms with Gasteiger partial charge in [0.25, 0.3) is 0 Å². The summed E-state index contributed by atoms with van der Waals surface area (Å²) in [5, 5.41) is 0.397. The summed E-state index contributed by atoms with van der Waals surface area (Å²) in [5.41, 5.74) is -0.190. The van der Waals surface area contributed by atoms with Gasteiger partial charge in [0.05, 0.1) is 18.3 Å². The van der Waals surface area contributed by atoms with E-state index >= 15 is 0 Å². The molecule has 0 saturated carbocycles. The van der Waals surface area contributed by atoms with Crippen molar-refractivity contribution in [1.82, 2.24) is 9.13 Å². The molecule has 25 heavy (non-hydrogen) atoms. The van der Waals surface area contributed by atoms with Crippen molar-refractivity contribution < 1.29 is 17.6 Å². The van der Waals surface area contributed by atoms with Crippen LogP contribution in [-0.4, -0.2) is 26.6 Å². The van der Waals surface area contributed by atoms with E-state index in [0.29, 0.717) is 19.8 Å². The van der Waals surface area contributed by atoms with E-state index in [2.05, 4.69) is 20.9 Å². The summed E-state index contributed by atoms with van der Waals surface area (Å²) in [4.78, 5) is 16.8. The Morgan fingerprint density at radius 1 is 1.40 bits per heavy atom. The Morgan fingerprint density at radius 2 is 2.12 bits per heavy atom. The SMILES string of the molecule is CSC1=NC(c2cc(Br)ccc2F)Cn2c1cn(CC(F)(F)F)c2=O. The van der Waals surface area contributed by atoms with Crippen molar-refractivity contribution in [1.29, 1.82) is 0 Å². The van der Waals surface area contributed by atoms with Crippen molar-refractivity contribution in [2.45, 2.75) is 25.3 Å². The van der Waals surface area contributed by atoms with Crippen LogP contribution in [0.3, 0.4) is 0 Å². The highest BCUT2D eigenvalue weighted by Crippen LogP contribution is 2.31. The van der Waals surface area contributed by atoms with Gasteiger partial charge in [0.2, 0.25) is 0 Å². The molecule has 0 spiro atoms. The van der Waals surface area contributed by atoms with Crippen molar-refractivity contribution in [3.8, 4) is 0 Å². The summed E-state index contributed by atoms with van der Waals surface area (Å²) < 4.78 is 54.6. The fraction of sp³-hybridized carbons (Fsp3) is 0.333. The van der Waals surface area contributed by atoms with Crippen molar-refractivity contribution in [2.75, 3.05) is 6.26 Å². The second kappa shape index (κ2) is 6.64. The molecule has 0 fully saturated rings. The highest BCUT2D eigenvalue weighted by Gasteiger charge is 2.32. The maximum absolute atomic E-state index is 14.2. The first kappa shape index (κ1) is 18.2. The molecule has 1 aromatic carbocycles. The number of alkyl halides is 3. The fourth-order valence-electron chi connectivity index (χ4n) is 2.70. The predicted octanol–water partition coefficient (Wildman–Crippen LogP) is 3.98. The van der Waals surface area contributed by atoms with Crippen LogP contribution in [0, 0.1) is 5.82 Å². The Hall–Kier alpha value is -1.55. The smallest absolute Gasteiger partial charge is 0.289 e. The molecule has 2 aromatic rings. The van der Waals surface area contributed by atoms with Crippen LogP contribution in [0.15, 0.2) is 38.7 Å². The van der Waals surface area contributed by atoms with Crippen molar-refractivity contribution in [3.05, 3.63) is 56.4 Å². The number of hydrogen-bond acceptors (Lipinski definition) is 3. The molecule has 0 radical (unpaired) electrons. The molecule has 1 atom stereocenters. The second-order valence-corrected chi connectivity index (χ2v) is 7.18. The van der Waals surface area contributed by atoms with Gasteiger partial charge in [-0.25, -0.2) is 9.18 Å². The van der Waals surface area contributed by atoms with Gasteiger partial charge in [-0.3, -0.25) is 14.1 Å². The lowest BCUT2D eigenvalue weighted by Crippen LogP contribution is -2.32. The average molecular weight is 438 g/mol. The number of aliphatic imine (C=N–C) groups is 1. The van der Waals surface area contributed by atoms with Crippen LogP contribution in [0.25, 0.3) is 0 Å². The topological polar surface area (TPSA) is 39.3 Å². The minimum Gasteiger partial charge on any atom is -0.289 e. The van der Waals surface area contributed by atoms with Gasteiger partial charge in [-0.05, 0) is 24.5 Å². The molecule has 1 aliphatic heterocycles. The zero-order valence-electron chi connectivity index (χ0n) is 12.8. The van der Waals surface area contributed by atoms with Gasteiger partial charge < -0.3 is 0 Å². The molecule has 0 N–H and O–H groups in total. The Morgan fingerprint density at radius 3 is 2.76 bits per heavy atom. The van der Waals surface area contributed by atoms with Gasteiger partial charge in [-0.2, -0.15) is 13.2 Å². The number of halogens is 5. The number of fused-ring (bicyclic) bond motifs is 1. The highest BCUT2D eigenvalue weighted by molar-refractivity contribution is 9.10. The van der Waals surface area contributed by atoms with Crippen LogP contribution in [0.2, 0.25) is 0 Å². The van der Waals surface area contributed by atoms with Gasteiger partial charge in [0.1, 0.15) is 17.4 Å². The van der Waals surface area contributed by atoms with Crippen molar-refractivity contribution in [3.63, 3.8) is 0 Å². The zero-order valence-corrected chi connectivity index (χ0v) is 15.3. The number of hydrogen-bond donors (Lipinski definition) is 0. The molecule has 0 bridgehead atoms. The third-order valence-corrected chi connectivity index (χ3v) is 4.95. The van der Waals surface area contributed by atoms with Gasteiger partial charge in [0.15, 0.2) is 0 Å². The van der Waals surface area contributed by atoms with Crippen LogP contribution in [0.1, 0.15) is 17.3 Å². The van der Waals surface area contributed by atoms with Crippen LogP contribution in [-0.2, 0) is 13.1 Å². The van der Waals surface area contributed by atoms with Gasteiger partial charge in [-0.15, -0.1) is 11.8 Å². The second-order valence-electron chi connectivity index (χ2n) is 5.47. The van der Waals surface area contributed by atoms with Crippen molar-refractivity contribution >= 4 is 32.7 Å². The molecule has 2 heterocycles. The van der Waals surface area contributed by atoms with Crippen LogP contribution < -0.4 is 5.69 Å². The molecule has 1 aromatic heterocycles. The first-order valence-corrected chi connectivity index (χ1v) is 9.15. The van der Waals surface area contributed by atoms with Crippen LogP contribution in [0.5, 0.6) is 0 Å². The molecule has 134 valence electrons. The van der Waals surface area contributed by atoms with E-state index in [1.165, 1.54) is 28.5 Å². The average Bonchev–Trinajstić information content (AvgIpc) is 2.83. The highest BCUT2D eigenvalue weighted by atomic mass is 79.9. The first-order chi connectivity index (χ1) is 11.7. The molecule has 0 aliphatic carbocycles. The Labute approximate surface area is 152 Å². The normalized spacial score (nSPS) is 17.4. The number of aromatic nitrogens is 2. The largest absolute Gasteiger partial charge is 0.406 e. The quantitative estimate of drug-likeness (QED) is 0.666. The van der Waals surface area contributed by atoms with Crippen LogP contribution in [0.4, 0.5) is 17.6 Å². The van der Waals surface area contributed by atoms with Gasteiger partial charge in [0, 0.05) is 16.2 Å². The molecule has 10 heteroatoms. The first-order valence-electron chi connectivity index (χ1n) is 7.13. The molecular formula is C15H12BrF4N3OS. The zero-order chi connectivity index (χ0) is 18.4. The monoisotopic (exact) mass is 437 g/mol. The molecule has 1 aliphatic rings. The molecule has 3 rings (SSSR count). The minimum atomic E-state index is -4.51. The van der Waals surface area contributed by atoms with Crippen molar-refractivity contribution in [2.24, 2.45) is 4.99 Å². The van der Waals surface area contributed by atoms with E-state index in [9.17, 15) is 22.4 Å². The van der Waals surface area contributed by atoms with E-state index in [4.69, 9.17) is 0 Å². The fourth-order valence-corrected chi connectivity index (χ4v) is 3.68. The Bertz CT molecular complexity index is 903. The lowest BCUT2D eigenvalue weighted by molar-refractivity contribution is -0.141. The minimum absolute atomic E-state index is 0.0174. The Balaban J connectivity index is 2.06. The third kappa shape index (κ3) is 3.69. The molecule has 1 unspecified atom stereocenters. The standard InChI is InChI=1S/C15H12BrF4N3OS/c1-25-13-12-6-22(7-15(18,19)20)14(24)23(12)5-11(21-13)9-4-8(16)2-3-10(9)17/h2-4,6,11H,5,7H2,1H3. The number of benzene rings is 1. The molecular weight excluding hydrogens is 426 g/mol. The summed E-state index contributed by atoms with van der Waals surface area (Å²) in [7, 11) is 0. The molecule has 0 amide bonds. The van der Waals surface area contributed by atoms with E-state index in [-0.39, 0.29) is 12.1 Å². The predicted molar refractivity (Wildman–Crippen MR) is 91.6 cm³/mol. The lowest BCUT2D eigenvalue weighted by Gasteiger charge is -2.22. The third-order valence-electron chi connectivity index (χ3n) is 3.75. The summed E-state index contributed by atoms with van der Waals surface area (Å²) in [6.07, 6.45) is -1.65. The number of thioether (sulfide) groups is 1. The van der Waals surface area contributed by atoms with E-state index in [1.807, 2.05) is 0 Å². The number of imidazole rings is 1. The molecule has 0 saturated heterocycles. The number of rotatable bonds is 2.